The lowest BCUT2D eigenvalue weighted by molar-refractivity contribution is -0.209. The van der Waals surface area contributed by atoms with E-state index >= 15 is 0 Å². The molecule has 0 radical (unpaired) electrons. The second-order valence-electron chi connectivity index (χ2n) is 12.0. The Morgan fingerprint density at radius 1 is 0.926 bits per heavy atom. The van der Waals surface area contributed by atoms with E-state index in [-0.39, 0.29) is 22.2 Å². The van der Waals surface area contributed by atoms with Crippen LogP contribution in [0.4, 0.5) is 0 Å². The van der Waals surface area contributed by atoms with Crippen LogP contribution in [0.2, 0.25) is 0 Å². The molecule has 4 rings (SSSR count). The lowest BCUT2D eigenvalue weighted by Gasteiger charge is -2.55. The molecule has 0 aromatic heterocycles. The zero-order valence-corrected chi connectivity index (χ0v) is 18.8. The van der Waals surface area contributed by atoms with Crippen molar-refractivity contribution in [1.29, 1.82) is 0 Å². The molecule has 0 aromatic carbocycles. The Kier molecular flexibility index (Phi) is 4.14. The first-order valence-electron chi connectivity index (χ1n) is 10.6. The second-order valence-corrected chi connectivity index (χ2v) is 12.0. The van der Waals surface area contributed by atoms with E-state index in [1.54, 1.807) is 0 Å². The minimum absolute atomic E-state index is 0.167. The summed E-state index contributed by atoms with van der Waals surface area (Å²) in [5, 5.41) is 22.4. The molecule has 4 aliphatic carbocycles. The highest BCUT2D eigenvalue weighted by Crippen LogP contribution is 2.88. The Balaban J connectivity index is 2.08. The second kappa shape index (κ2) is 5.30. The normalized spacial score (nSPS) is 38.7. The summed E-state index contributed by atoms with van der Waals surface area (Å²) in [6, 6.07) is 0. The first-order chi connectivity index (χ1) is 11.9. The lowest BCUT2D eigenvalue weighted by Crippen LogP contribution is -2.59. The highest BCUT2D eigenvalue weighted by Gasteiger charge is 2.86. The van der Waals surface area contributed by atoms with Gasteiger partial charge in [0, 0.05) is 16.2 Å². The maximum absolute atomic E-state index is 13.0. The summed E-state index contributed by atoms with van der Waals surface area (Å²) >= 11 is 0. The number of carbonyl (C=O) groups is 1. The van der Waals surface area contributed by atoms with Crippen molar-refractivity contribution in [3.05, 3.63) is 0 Å². The first-order valence-corrected chi connectivity index (χ1v) is 10.6. The topological polar surface area (TPSA) is 66.8 Å². The molecule has 0 aliphatic heterocycles. The van der Waals surface area contributed by atoms with E-state index in [1.807, 2.05) is 62.3 Å². The number of esters is 1. The summed E-state index contributed by atoms with van der Waals surface area (Å²) in [7, 11) is 0. The van der Waals surface area contributed by atoms with E-state index in [9.17, 15) is 15.0 Å². The quantitative estimate of drug-likeness (QED) is 0.668. The molecule has 0 amide bonds. The predicted octanol–water partition coefficient (Wildman–Crippen LogP) is 4.46. The van der Waals surface area contributed by atoms with Gasteiger partial charge in [0.25, 0.3) is 0 Å². The smallest absolute Gasteiger partial charge is 0.312 e. The molecular formula is C23H40O4. The number of ether oxygens (including phenoxy) is 1. The number of rotatable bonds is 6. The molecule has 0 aromatic rings. The summed E-state index contributed by atoms with van der Waals surface area (Å²) < 4.78 is 6.24. The molecule has 4 nitrogen and oxygen atoms in total. The molecule has 2 N–H and O–H groups in total. The first kappa shape index (κ1) is 21.1. The summed E-state index contributed by atoms with van der Waals surface area (Å²) in [6.45, 7) is 17.6. The van der Waals surface area contributed by atoms with Crippen molar-refractivity contribution >= 4 is 5.97 Å². The van der Waals surface area contributed by atoms with E-state index in [1.165, 1.54) is 0 Å². The van der Waals surface area contributed by atoms with Crippen molar-refractivity contribution < 1.29 is 19.7 Å². The van der Waals surface area contributed by atoms with Gasteiger partial charge >= 0.3 is 5.97 Å². The highest BCUT2D eigenvalue weighted by molar-refractivity contribution is 5.76. The third-order valence-corrected chi connectivity index (χ3v) is 9.45. The Hall–Kier alpha value is -0.610. The minimum atomic E-state index is -0.894. The van der Waals surface area contributed by atoms with Gasteiger partial charge in [-0.05, 0) is 93.4 Å². The summed E-state index contributed by atoms with van der Waals surface area (Å²) in [5.74, 6) is 0.196. The van der Waals surface area contributed by atoms with Gasteiger partial charge in [0.1, 0.15) is 5.60 Å². The Morgan fingerprint density at radius 3 is 1.81 bits per heavy atom. The zero-order chi connectivity index (χ0) is 20.9. The summed E-state index contributed by atoms with van der Waals surface area (Å²) in [4.78, 5) is 13.0. The Morgan fingerprint density at radius 2 is 1.41 bits per heavy atom. The van der Waals surface area contributed by atoms with Crippen LogP contribution in [-0.4, -0.2) is 33.0 Å². The molecule has 0 spiro atoms. The van der Waals surface area contributed by atoms with Crippen LogP contribution in [0.25, 0.3) is 0 Å². The van der Waals surface area contributed by atoms with Crippen molar-refractivity contribution in [3.8, 4) is 0 Å². The van der Waals surface area contributed by atoms with E-state index < -0.39 is 22.2 Å². The Labute approximate surface area is 165 Å². The molecule has 0 heterocycles. The number of hydrogen-bond acceptors (Lipinski definition) is 4. The van der Waals surface area contributed by atoms with Crippen molar-refractivity contribution in [3.63, 3.8) is 0 Å². The van der Waals surface area contributed by atoms with Crippen molar-refractivity contribution in [2.75, 3.05) is 0 Å². The summed E-state index contributed by atoms with van der Waals surface area (Å²) in [5.41, 5.74) is -3.80. The molecule has 0 saturated heterocycles. The standard InChI is InChI=1S/C23H40O4/c1-10-17(2,3)16(24)27-20(8,9)23-12-15-11-22(23,19(6,7)26)13-21(15,14-23)18(4,5)25/h15,25-26H,10-14H2,1-9H3. The average Bonchev–Trinajstić information content (AvgIpc) is 3.15. The van der Waals surface area contributed by atoms with Crippen molar-refractivity contribution in [2.45, 2.75) is 111 Å². The molecule has 4 bridgehead atoms. The summed E-state index contributed by atoms with van der Waals surface area (Å²) in [6.07, 6.45) is 4.15. The molecule has 4 heteroatoms. The molecule has 4 atom stereocenters. The van der Waals surface area contributed by atoms with Gasteiger partial charge in [-0.3, -0.25) is 4.79 Å². The molecule has 156 valence electrons. The van der Waals surface area contributed by atoms with Crippen LogP contribution in [0.1, 0.15) is 94.4 Å². The van der Waals surface area contributed by atoms with Gasteiger partial charge in [-0.25, -0.2) is 0 Å². The third kappa shape index (κ3) is 2.32. The van der Waals surface area contributed by atoms with Crippen LogP contribution in [0, 0.1) is 27.6 Å². The number of hydrogen-bond donors (Lipinski definition) is 2. The van der Waals surface area contributed by atoms with Gasteiger partial charge in [-0.15, -0.1) is 0 Å². The zero-order valence-electron chi connectivity index (χ0n) is 18.8. The van der Waals surface area contributed by atoms with Gasteiger partial charge in [-0.1, -0.05) is 6.92 Å². The molecular weight excluding hydrogens is 340 g/mol. The minimum Gasteiger partial charge on any atom is -0.459 e. The highest BCUT2D eigenvalue weighted by atomic mass is 16.6. The largest absolute Gasteiger partial charge is 0.459 e. The Bertz CT molecular complexity index is 650. The van der Waals surface area contributed by atoms with Gasteiger partial charge in [0.05, 0.1) is 16.6 Å². The van der Waals surface area contributed by atoms with E-state index in [0.29, 0.717) is 5.92 Å². The van der Waals surface area contributed by atoms with Crippen molar-refractivity contribution in [2.24, 2.45) is 27.6 Å². The molecule has 4 aliphatic rings. The van der Waals surface area contributed by atoms with E-state index in [2.05, 4.69) is 0 Å². The van der Waals surface area contributed by atoms with Crippen LogP contribution >= 0.6 is 0 Å². The maximum atomic E-state index is 13.0. The monoisotopic (exact) mass is 380 g/mol. The van der Waals surface area contributed by atoms with Crippen LogP contribution < -0.4 is 0 Å². The van der Waals surface area contributed by atoms with Crippen LogP contribution in [0.5, 0.6) is 0 Å². The molecule has 4 saturated carbocycles. The molecule has 4 fully saturated rings. The fourth-order valence-electron chi connectivity index (χ4n) is 7.24. The fraction of sp³-hybridized carbons (Fsp3) is 0.957. The van der Waals surface area contributed by atoms with Crippen LogP contribution in [0.3, 0.4) is 0 Å². The van der Waals surface area contributed by atoms with Crippen LogP contribution in [0.15, 0.2) is 0 Å². The van der Waals surface area contributed by atoms with E-state index in [4.69, 9.17) is 4.74 Å². The average molecular weight is 381 g/mol. The predicted molar refractivity (Wildman–Crippen MR) is 106 cm³/mol. The van der Waals surface area contributed by atoms with Gasteiger partial charge < -0.3 is 14.9 Å². The lowest BCUT2D eigenvalue weighted by atomic mass is 9.54. The van der Waals surface area contributed by atoms with Crippen LogP contribution in [-0.2, 0) is 9.53 Å². The van der Waals surface area contributed by atoms with Crippen molar-refractivity contribution in [1.82, 2.24) is 0 Å². The van der Waals surface area contributed by atoms with E-state index in [0.717, 1.165) is 32.1 Å². The fourth-order valence-corrected chi connectivity index (χ4v) is 7.24. The SMILES string of the molecule is CCC(C)(C)C(=O)OC(C)(C)C12CC3CC1(C(C)(C)O)CC3(C(C)(C)O)C2. The number of carbonyl (C=O) groups excluding carboxylic acids is 1. The van der Waals surface area contributed by atoms with Gasteiger partial charge in [-0.2, -0.15) is 0 Å². The maximum Gasteiger partial charge on any atom is 0.312 e. The van der Waals surface area contributed by atoms with Gasteiger partial charge in [0.2, 0.25) is 0 Å². The number of aliphatic hydroxyl groups is 2. The third-order valence-electron chi connectivity index (χ3n) is 9.45. The molecule has 27 heavy (non-hydrogen) atoms. The molecule has 4 unspecified atom stereocenters. The van der Waals surface area contributed by atoms with Gasteiger partial charge in [0.15, 0.2) is 0 Å².